The number of carboxylic acid groups (broad SMARTS) is 1. The van der Waals surface area contributed by atoms with E-state index in [1.807, 2.05) is 6.92 Å². The van der Waals surface area contributed by atoms with Crippen molar-refractivity contribution in [1.82, 2.24) is 4.98 Å². The highest BCUT2D eigenvalue weighted by Crippen LogP contribution is 2.22. The topological polar surface area (TPSA) is 50.2 Å². The zero-order valence-corrected chi connectivity index (χ0v) is 10.6. The van der Waals surface area contributed by atoms with Crippen molar-refractivity contribution in [2.45, 2.75) is 19.8 Å². The Bertz CT molecular complexity index is 563. The first kappa shape index (κ1) is 12.7. The van der Waals surface area contributed by atoms with Gasteiger partial charge < -0.3 is 5.11 Å². The van der Waals surface area contributed by atoms with E-state index in [1.54, 1.807) is 12.1 Å². The van der Waals surface area contributed by atoms with Gasteiger partial charge in [0.25, 0.3) is 0 Å². The lowest BCUT2D eigenvalue weighted by molar-refractivity contribution is 0.0701. The van der Waals surface area contributed by atoms with Gasteiger partial charge in [-0.2, -0.15) is 0 Å². The quantitative estimate of drug-likeness (QED) is 0.924. The molecule has 94 valence electrons. The van der Waals surface area contributed by atoms with Gasteiger partial charge in [0.05, 0.1) is 10.7 Å². The van der Waals surface area contributed by atoms with Crippen molar-refractivity contribution in [3.8, 4) is 0 Å². The average Bonchev–Trinajstić information content (AvgIpc) is 2.75. The second-order valence-electron chi connectivity index (χ2n) is 3.85. The minimum atomic E-state index is -0.935. The van der Waals surface area contributed by atoms with Crippen LogP contribution in [0.4, 0.5) is 4.39 Å². The summed E-state index contributed by atoms with van der Waals surface area (Å²) in [6, 6.07) is 6.15. The Balaban J connectivity index is 2.24. The van der Waals surface area contributed by atoms with Crippen LogP contribution in [0.1, 0.15) is 32.9 Å². The molecule has 0 atom stereocenters. The largest absolute Gasteiger partial charge is 0.477 e. The Morgan fingerprint density at radius 2 is 2.06 bits per heavy atom. The summed E-state index contributed by atoms with van der Waals surface area (Å²) < 4.78 is 12.8. The van der Waals surface area contributed by atoms with Crippen LogP contribution in [-0.2, 0) is 12.8 Å². The first-order chi connectivity index (χ1) is 8.60. The lowest BCUT2D eigenvalue weighted by Gasteiger charge is -1.97. The Hall–Kier alpha value is -1.75. The number of hydrogen-bond donors (Lipinski definition) is 1. The third kappa shape index (κ3) is 2.73. The molecule has 0 unspecified atom stereocenters. The predicted molar refractivity (Wildman–Crippen MR) is 67.7 cm³/mol. The minimum absolute atomic E-state index is 0.279. The number of aryl methyl sites for hydroxylation is 1. The number of halogens is 1. The zero-order valence-electron chi connectivity index (χ0n) is 9.81. The molecule has 1 N–H and O–H groups in total. The standard InChI is InChI=1S/C13H12FNO2S/c1-2-10-12(13(16)17)18-11(15-10)7-8-3-5-9(14)6-4-8/h3-6H,2,7H2,1H3,(H,16,17). The Labute approximate surface area is 108 Å². The van der Waals surface area contributed by atoms with Crippen LogP contribution in [0.2, 0.25) is 0 Å². The van der Waals surface area contributed by atoms with Crippen molar-refractivity contribution < 1.29 is 14.3 Å². The van der Waals surface area contributed by atoms with Gasteiger partial charge in [0.2, 0.25) is 0 Å². The third-order valence-electron chi connectivity index (χ3n) is 2.54. The maximum absolute atomic E-state index is 12.8. The molecule has 5 heteroatoms. The highest BCUT2D eigenvalue weighted by molar-refractivity contribution is 7.13. The molecule has 1 aromatic heterocycles. The molecule has 0 amide bonds. The number of carboxylic acids is 1. The van der Waals surface area contributed by atoms with Crippen molar-refractivity contribution in [3.05, 3.63) is 51.2 Å². The van der Waals surface area contributed by atoms with Crippen LogP contribution in [-0.4, -0.2) is 16.1 Å². The van der Waals surface area contributed by atoms with Gasteiger partial charge in [0, 0.05) is 6.42 Å². The van der Waals surface area contributed by atoms with E-state index in [-0.39, 0.29) is 5.82 Å². The van der Waals surface area contributed by atoms with Crippen LogP contribution in [0, 0.1) is 5.82 Å². The van der Waals surface area contributed by atoms with E-state index in [9.17, 15) is 9.18 Å². The molecule has 0 bridgehead atoms. The molecule has 0 aliphatic heterocycles. The van der Waals surface area contributed by atoms with Gasteiger partial charge in [-0.3, -0.25) is 0 Å². The van der Waals surface area contributed by atoms with Gasteiger partial charge in [0.1, 0.15) is 10.7 Å². The van der Waals surface area contributed by atoms with Crippen molar-refractivity contribution in [1.29, 1.82) is 0 Å². The number of nitrogens with zero attached hydrogens (tertiary/aromatic N) is 1. The summed E-state index contributed by atoms with van der Waals surface area (Å²) in [6.07, 6.45) is 1.13. The number of hydrogen-bond acceptors (Lipinski definition) is 3. The zero-order chi connectivity index (χ0) is 13.1. The summed E-state index contributed by atoms with van der Waals surface area (Å²) in [5, 5.41) is 9.78. The second-order valence-corrected chi connectivity index (χ2v) is 4.93. The number of aromatic carboxylic acids is 1. The lowest BCUT2D eigenvalue weighted by Crippen LogP contribution is -1.97. The van der Waals surface area contributed by atoms with Gasteiger partial charge in [-0.15, -0.1) is 11.3 Å². The molecular formula is C13H12FNO2S. The van der Waals surface area contributed by atoms with E-state index >= 15 is 0 Å². The Kier molecular flexibility index (Phi) is 3.72. The molecule has 0 aliphatic rings. The summed E-state index contributed by atoms with van der Waals surface area (Å²) in [5.74, 6) is -1.21. The van der Waals surface area contributed by atoms with Crippen molar-refractivity contribution >= 4 is 17.3 Å². The van der Waals surface area contributed by atoms with Crippen molar-refractivity contribution in [2.24, 2.45) is 0 Å². The number of thiazole rings is 1. The van der Waals surface area contributed by atoms with Gasteiger partial charge in [0.15, 0.2) is 0 Å². The van der Waals surface area contributed by atoms with E-state index in [2.05, 4.69) is 4.98 Å². The van der Waals surface area contributed by atoms with Crippen molar-refractivity contribution in [2.75, 3.05) is 0 Å². The number of aromatic nitrogens is 1. The Morgan fingerprint density at radius 1 is 1.39 bits per heavy atom. The molecule has 1 heterocycles. The van der Waals surface area contributed by atoms with Crippen molar-refractivity contribution in [3.63, 3.8) is 0 Å². The summed E-state index contributed by atoms with van der Waals surface area (Å²) in [7, 11) is 0. The number of carbonyl (C=O) groups is 1. The monoisotopic (exact) mass is 265 g/mol. The van der Waals surface area contributed by atoms with Gasteiger partial charge >= 0.3 is 5.97 Å². The minimum Gasteiger partial charge on any atom is -0.477 e. The molecule has 0 saturated carbocycles. The van der Waals surface area contributed by atoms with Crippen LogP contribution in [0.5, 0.6) is 0 Å². The number of benzene rings is 1. The fourth-order valence-electron chi connectivity index (χ4n) is 1.66. The maximum atomic E-state index is 12.8. The summed E-state index contributed by atoms with van der Waals surface area (Å²) >= 11 is 1.19. The fourth-order valence-corrected chi connectivity index (χ4v) is 2.69. The highest BCUT2D eigenvalue weighted by atomic mass is 32.1. The van der Waals surface area contributed by atoms with Gasteiger partial charge in [-0.05, 0) is 24.1 Å². The maximum Gasteiger partial charge on any atom is 0.347 e. The SMILES string of the molecule is CCc1nc(Cc2ccc(F)cc2)sc1C(=O)O. The van der Waals surface area contributed by atoms with E-state index in [0.29, 0.717) is 23.4 Å². The average molecular weight is 265 g/mol. The molecule has 3 nitrogen and oxygen atoms in total. The molecular weight excluding hydrogens is 253 g/mol. The summed E-state index contributed by atoms with van der Waals surface area (Å²) in [5.41, 5.74) is 1.54. The molecule has 0 saturated heterocycles. The summed E-state index contributed by atoms with van der Waals surface area (Å²) in [4.78, 5) is 15.6. The van der Waals surface area contributed by atoms with Crippen LogP contribution in [0.25, 0.3) is 0 Å². The van der Waals surface area contributed by atoms with Crippen LogP contribution < -0.4 is 0 Å². The summed E-state index contributed by atoms with van der Waals surface area (Å²) in [6.45, 7) is 1.88. The van der Waals surface area contributed by atoms with E-state index in [4.69, 9.17) is 5.11 Å². The van der Waals surface area contributed by atoms with Gasteiger partial charge in [-0.1, -0.05) is 19.1 Å². The number of rotatable bonds is 4. The molecule has 2 rings (SSSR count). The normalized spacial score (nSPS) is 10.6. The smallest absolute Gasteiger partial charge is 0.347 e. The van der Waals surface area contributed by atoms with Crippen LogP contribution in [0.15, 0.2) is 24.3 Å². The second kappa shape index (κ2) is 5.27. The molecule has 0 spiro atoms. The van der Waals surface area contributed by atoms with Crippen LogP contribution >= 0.6 is 11.3 Å². The van der Waals surface area contributed by atoms with E-state index < -0.39 is 5.97 Å². The van der Waals surface area contributed by atoms with E-state index in [0.717, 1.165) is 10.6 Å². The fraction of sp³-hybridized carbons (Fsp3) is 0.231. The molecule has 2 aromatic rings. The molecule has 0 radical (unpaired) electrons. The van der Waals surface area contributed by atoms with E-state index in [1.165, 1.54) is 23.5 Å². The molecule has 0 aliphatic carbocycles. The highest BCUT2D eigenvalue weighted by Gasteiger charge is 2.15. The van der Waals surface area contributed by atoms with Crippen LogP contribution in [0.3, 0.4) is 0 Å². The molecule has 18 heavy (non-hydrogen) atoms. The first-order valence-corrected chi connectivity index (χ1v) is 6.38. The van der Waals surface area contributed by atoms with Gasteiger partial charge in [-0.25, -0.2) is 14.2 Å². The third-order valence-corrected chi connectivity index (χ3v) is 3.62. The Morgan fingerprint density at radius 3 is 2.56 bits per heavy atom. The molecule has 0 fully saturated rings. The predicted octanol–water partition coefficient (Wildman–Crippen LogP) is 3.13. The molecule has 1 aromatic carbocycles. The lowest BCUT2D eigenvalue weighted by atomic mass is 10.1. The first-order valence-electron chi connectivity index (χ1n) is 5.56.